The summed E-state index contributed by atoms with van der Waals surface area (Å²) in [5.74, 6) is 0.945. The van der Waals surface area contributed by atoms with Gasteiger partial charge < -0.3 is 5.32 Å². The minimum atomic E-state index is 0.726. The molecule has 0 aliphatic heterocycles. The molecule has 1 aromatic rings. The van der Waals surface area contributed by atoms with Crippen LogP contribution in [0, 0.1) is 12.8 Å². The van der Waals surface area contributed by atoms with E-state index >= 15 is 0 Å². The average molecular weight is 310 g/mol. The molecule has 1 aliphatic rings. The van der Waals surface area contributed by atoms with Gasteiger partial charge in [-0.25, -0.2) is 0 Å². The van der Waals surface area contributed by atoms with E-state index in [1.165, 1.54) is 47.7 Å². The molecule has 0 radical (unpaired) electrons. The summed E-state index contributed by atoms with van der Waals surface area (Å²) in [5, 5.41) is 3.73. The molecule has 2 unspecified atom stereocenters. The molecule has 1 nitrogen and oxygen atoms in total. The standard InChI is InChI=1S/C16H24BrN/c1-3-13-5-4-6-15(9-13)18-11-14-8-7-12(2)16(17)10-14/h7-8,10,13,15,18H,3-6,9,11H2,1-2H3. The first kappa shape index (κ1) is 14.1. The fourth-order valence-corrected chi connectivity index (χ4v) is 3.28. The molecule has 2 rings (SSSR count). The van der Waals surface area contributed by atoms with Crippen LogP contribution in [0.4, 0.5) is 0 Å². The number of halogens is 1. The van der Waals surface area contributed by atoms with Crippen molar-refractivity contribution in [2.75, 3.05) is 0 Å². The Balaban J connectivity index is 1.85. The second-order valence-electron chi connectivity index (χ2n) is 5.60. The summed E-state index contributed by atoms with van der Waals surface area (Å²) in [6.07, 6.45) is 6.89. The smallest absolute Gasteiger partial charge is 0.0208 e. The molecule has 0 spiro atoms. The van der Waals surface area contributed by atoms with Crippen LogP contribution in [0.25, 0.3) is 0 Å². The quantitative estimate of drug-likeness (QED) is 0.841. The van der Waals surface area contributed by atoms with Gasteiger partial charge in [0.2, 0.25) is 0 Å². The number of benzene rings is 1. The van der Waals surface area contributed by atoms with Gasteiger partial charge in [0.15, 0.2) is 0 Å². The summed E-state index contributed by atoms with van der Waals surface area (Å²) >= 11 is 3.61. The second kappa shape index (κ2) is 6.72. The van der Waals surface area contributed by atoms with Crippen molar-refractivity contribution in [3.8, 4) is 0 Å². The number of aryl methyl sites for hydroxylation is 1. The Hall–Kier alpha value is -0.340. The Bertz CT molecular complexity index is 389. The van der Waals surface area contributed by atoms with E-state index < -0.39 is 0 Å². The molecule has 1 aliphatic carbocycles. The van der Waals surface area contributed by atoms with Crippen LogP contribution in [0.3, 0.4) is 0 Å². The normalized spacial score (nSPS) is 24.2. The van der Waals surface area contributed by atoms with E-state index in [1.54, 1.807) is 0 Å². The van der Waals surface area contributed by atoms with Crippen LogP contribution >= 0.6 is 15.9 Å². The SMILES string of the molecule is CCC1CCCC(NCc2ccc(C)c(Br)c2)C1. The zero-order valence-electron chi connectivity index (χ0n) is 11.5. The van der Waals surface area contributed by atoms with Gasteiger partial charge in [-0.05, 0) is 42.9 Å². The molecular weight excluding hydrogens is 286 g/mol. The van der Waals surface area contributed by atoms with Gasteiger partial charge in [0.1, 0.15) is 0 Å². The van der Waals surface area contributed by atoms with Crippen LogP contribution in [-0.4, -0.2) is 6.04 Å². The lowest BCUT2D eigenvalue weighted by Crippen LogP contribution is -2.33. The fraction of sp³-hybridized carbons (Fsp3) is 0.625. The monoisotopic (exact) mass is 309 g/mol. The van der Waals surface area contributed by atoms with Gasteiger partial charge >= 0.3 is 0 Å². The largest absolute Gasteiger partial charge is 0.310 e. The van der Waals surface area contributed by atoms with Gasteiger partial charge in [-0.3, -0.25) is 0 Å². The van der Waals surface area contributed by atoms with Crippen molar-refractivity contribution >= 4 is 15.9 Å². The molecule has 1 fully saturated rings. The highest BCUT2D eigenvalue weighted by atomic mass is 79.9. The maximum Gasteiger partial charge on any atom is 0.0208 e. The Morgan fingerprint density at radius 1 is 1.33 bits per heavy atom. The zero-order chi connectivity index (χ0) is 13.0. The van der Waals surface area contributed by atoms with Crippen LogP contribution < -0.4 is 5.32 Å². The molecule has 100 valence electrons. The van der Waals surface area contributed by atoms with E-state index in [1.807, 2.05) is 0 Å². The number of hydrogen-bond acceptors (Lipinski definition) is 1. The van der Waals surface area contributed by atoms with E-state index in [-0.39, 0.29) is 0 Å². The van der Waals surface area contributed by atoms with Crippen molar-refractivity contribution < 1.29 is 0 Å². The molecule has 0 amide bonds. The second-order valence-corrected chi connectivity index (χ2v) is 6.46. The third-order valence-electron chi connectivity index (χ3n) is 4.19. The van der Waals surface area contributed by atoms with Crippen LogP contribution in [0.5, 0.6) is 0 Å². The summed E-state index contributed by atoms with van der Waals surface area (Å²) in [6, 6.07) is 7.38. The lowest BCUT2D eigenvalue weighted by molar-refractivity contribution is 0.278. The molecule has 1 aromatic carbocycles. The minimum absolute atomic E-state index is 0.726. The lowest BCUT2D eigenvalue weighted by Gasteiger charge is -2.29. The Morgan fingerprint density at radius 2 is 2.17 bits per heavy atom. The van der Waals surface area contributed by atoms with Crippen molar-refractivity contribution in [1.29, 1.82) is 0 Å². The summed E-state index contributed by atoms with van der Waals surface area (Å²) in [7, 11) is 0. The lowest BCUT2D eigenvalue weighted by atomic mass is 9.84. The van der Waals surface area contributed by atoms with E-state index in [0.29, 0.717) is 0 Å². The maximum atomic E-state index is 3.73. The first-order chi connectivity index (χ1) is 8.69. The number of rotatable bonds is 4. The number of nitrogens with one attached hydrogen (secondary N) is 1. The Kier molecular flexibility index (Phi) is 5.25. The minimum Gasteiger partial charge on any atom is -0.310 e. The molecule has 1 N–H and O–H groups in total. The fourth-order valence-electron chi connectivity index (χ4n) is 2.86. The van der Waals surface area contributed by atoms with E-state index in [0.717, 1.165) is 18.5 Å². The van der Waals surface area contributed by atoms with Crippen molar-refractivity contribution in [2.45, 2.75) is 58.5 Å². The number of hydrogen-bond donors (Lipinski definition) is 1. The van der Waals surface area contributed by atoms with Crippen LogP contribution in [0.2, 0.25) is 0 Å². The molecule has 2 heteroatoms. The van der Waals surface area contributed by atoms with Gasteiger partial charge in [0.05, 0.1) is 0 Å². The van der Waals surface area contributed by atoms with Crippen LogP contribution in [0.15, 0.2) is 22.7 Å². The molecule has 18 heavy (non-hydrogen) atoms. The highest BCUT2D eigenvalue weighted by Gasteiger charge is 2.19. The third-order valence-corrected chi connectivity index (χ3v) is 5.05. The van der Waals surface area contributed by atoms with Gasteiger partial charge in [-0.15, -0.1) is 0 Å². The van der Waals surface area contributed by atoms with Gasteiger partial charge in [-0.1, -0.05) is 54.2 Å². The zero-order valence-corrected chi connectivity index (χ0v) is 13.1. The van der Waals surface area contributed by atoms with E-state index in [2.05, 4.69) is 53.3 Å². The maximum absolute atomic E-state index is 3.73. The van der Waals surface area contributed by atoms with Crippen molar-refractivity contribution in [3.05, 3.63) is 33.8 Å². The predicted molar refractivity (Wildman–Crippen MR) is 81.8 cm³/mol. The van der Waals surface area contributed by atoms with Crippen molar-refractivity contribution in [3.63, 3.8) is 0 Å². The summed E-state index contributed by atoms with van der Waals surface area (Å²) in [4.78, 5) is 0. The van der Waals surface area contributed by atoms with Crippen LogP contribution in [0.1, 0.15) is 50.2 Å². The first-order valence-corrected chi connectivity index (χ1v) is 7.96. The first-order valence-electron chi connectivity index (χ1n) is 7.17. The average Bonchev–Trinajstić information content (AvgIpc) is 2.40. The highest BCUT2D eigenvalue weighted by molar-refractivity contribution is 9.10. The third kappa shape index (κ3) is 3.83. The van der Waals surface area contributed by atoms with Gasteiger partial charge in [0, 0.05) is 17.1 Å². The van der Waals surface area contributed by atoms with E-state index in [4.69, 9.17) is 0 Å². The molecule has 0 bridgehead atoms. The van der Waals surface area contributed by atoms with E-state index in [9.17, 15) is 0 Å². The highest BCUT2D eigenvalue weighted by Crippen LogP contribution is 2.27. The Labute approximate surface area is 119 Å². The summed E-state index contributed by atoms with van der Waals surface area (Å²) < 4.78 is 1.22. The van der Waals surface area contributed by atoms with Crippen molar-refractivity contribution in [1.82, 2.24) is 5.32 Å². The molecule has 0 saturated heterocycles. The predicted octanol–water partition coefficient (Wildman–Crippen LogP) is 4.82. The molecular formula is C16H24BrN. The molecule has 1 saturated carbocycles. The van der Waals surface area contributed by atoms with Gasteiger partial charge in [-0.2, -0.15) is 0 Å². The summed E-state index contributed by atoms with van der Waals surface area (Å²) in [5.41, 5.74) is 2.69. The Morgan fingerprint density at radius 3 is 2.89 bits per heavy atom. The molecule has 2 atom stereocenters. The molecule has 0 heterocycles. The summed E-state index contributed by atoms with van der Waals surface area (Å²) in [6.45, 7) is 5.46. The van der Waals surface area contributed by atoms with Gasteiger partial charge in [0.25, 0.3) is 0 Å². The van der Waals surface area contributed by atoms with Crippen molar-refractivity contribution in [2.24, 2.45) is 5.92 Å². The van der Waals surface area contributed by atoms with Crippen LogP contribution in [-0.2, 0) is 6.54 Å². The topological polar surface area (TPSA) is 12.0 Å². The molecule has 0 aromatic heterocycles.